The Morgan fingerprint density at radius 2 is 1.76 bits per heavy atom. The molecule has 1 unspecified atom stereocenters. The molecule has 5 N–H and O–H groups in total. The average Bonchev–Trinajstić information content (AvgIpc) is 3.43. The van der Waals surface area contributed by atoms with E-state index in [1.165, 1.54) is 17.3 Å². The molecule has 34 heavy (non-hydrogen) atoms. The number of nitrogens with two attached hydrogens (primary N) is 2. The van der Waals surface area contributed by atoms with Crippen LogP contribution in [0.5, 0.6) is 0 Å². The fourth-order valence-corrected chi connectivity index (χ4v) is 4.29. The van der Waals surface area contributed by atoms with E-state index in [1.54, 1.807) is 0 Å². The fraction of sp³-hybridized carbons (Fsp3) is 0.320. The van der Waals surface area contributed by atoms with E-state index >= 15 is 0 Å². The highest BCUT2D eigenvalue weighted by Crippen LogP contribution is 2.27. The zero-order valence-corrected chi connectivity index (χ0v) is 19.0. The van der Waals surface area contributed by atoms with Crippen molar-refractivity contribution in [2.75, 3.05) is 12.4 Å². The second-order valence-electron chi connectivity index (χ2n) is 8.71. The molecule has 1 aromatic heterocycles. The Kier molecular flexibility index (Phi) is 6.93. The minimum Gasteiger partial charge on any atom is -0.343 e. The van der Waals surface area contributed by atoms with Crippen LogP contribution in [0.1, 0.15) is 47.7 Å². The Balaban J connectivity index is 1.55. The number of halogens is 1. The number of nitrogens with one attached hydrogen (secondary N) is 1. The minimum atomic E-state index is -1.27. The van der Waals surface area contributed by atoms with Gasteiger partial charge in [0.1, 0.15) is 12.2 Å². The number of carbonyl (C=O) groups excluding carboxylic acids is 2. The Labute approximate surface area is 197 Å². The van der Waals surface area contributed by atoms with Crippen LogP contribution in [0.25, 0.3) is 0 Å². The SMILES string of the molecule is CC(N)c1ccc([C@@H](NC(=O)[C@@H]2C[C@@H](F)CN2C(=O)Cc2cnn(N)c2)c2ccccc2)cc1. The highest BCUT2D eigenvalue weighted by Gasteiger charge is 2.40. The molecular formula is C25H29FN6O2. The lowest BCUT2D eigenvalue weighted by Gasteiger charge is -2.27. The molecule has 1 aliphatic heterocycles. The molecule has 0 bridgehead atoms. The summed E-state index contributed by atoms with van der Waals surface area (Å²) in [4.78, 5) is 28.7. The van der Waals surface area contributed by atoms with Crippen molar-refractivity contribution in [2.24, 2.45) is 5.73 Å². The molecule has 0 aliphatic carbocycles. The quantitative estimate of drug-likeness (QED) is 0.462. The molecule has 4 rings (SSSR count). The van der Waals surface area contributed by atoms with E-state index in [9.17, 15) is 14.0 Å². The maximum Gasteiger partial charge on any atom is 0.243 e. The second kappa shape index (κ2) is 10.0. The highest BCUT2D eigenvalue weighted by atomic mass is 19.1. The van der Waals surface area contributed by atoms with Gasteiger partial charge in [-0.15, -0.1) is 0 Å². The predicted molar refractivity (Wildman–Crippen MR) is 127 cm³/mol. The van der Waals surface area contributed by atoms with Crippen molar-refractivity contribution < 1.29 is 14.0 Å². The van der Waals surface area contributed by atoms with Crippen LogP contribution in [0.4, 0.5) is 4.39 Å². The molecular weight excluding hydrogens is 435 g/mol. The molecule has 2 aromatic carbocycles. The van der Waals surface area contributed by atoms with E-state index in [4.69, 9.17) is 11.6 Å². The van der Waals surface area contributed by atoms with Gasteiger partial charge in [0.25, 0.3) is 0 Å². The zero-order valence-electron chi connectivity index (χ0n) is 19.0. The minimum absolute atomic E-state index is 0.00541. The van der Waals surface area contributed by atoms with Gasteiger partial charge in [-0.3, -0.25) is 9.59 Å². The highest BCUT2D eigenvalue weighted by molar-refractivity contribution is 5.89. The molecule has 1 fully saturated rings. The normalized spacial score (nSPS) is 19.6. The smallest absolute Gasteiger partial charge is 0.243 e. The van der Waals surface area contributed by atoms with Gasteiger partial charge in [-0.05, 0) is 23.6 Å². The molecule has 1 aliphatic rings. The molecule has 0 saturated carbocycles. The summed E-state index contributed by atoms with van der Waals surface area (Å²) < 4.78 is 14.4. The van der Waals surface area contributed by atoms with E-state index in [0.29, 0.717) is 5.56 Å². The number of aromatic nitrogens is 2. The number of likely N-dealkylation sites (tertiary alicyclic amines) is 1. The summed E-state index contributed by atoms with van der Waals surface area (Å²) in [5, 5.41) is 6.90. The summed E-state index contributed by atoms with van der Waals surface area (Å²) in [5.41, 5.74) is 9.31. The van der Waals surface area contributed by atoms with Crippen molar-refractivity contribution in [3.63, 3.8) is 0 Å². The van der Waals surface area contributed by atoms with E-state index < -0.39 is 24.2 Å². The number of benzene rings is 2. The van der Waals surface area contributed by atoms with Crippen LogP contribution in [0.2, 0.25) is 0 Å². The van der Waals surface area contributed by atoms with E-state index in [2.05, 4.69) is 10.4 Å². The van der Waals surface area contributed by atoms with Gasteiger partial charge in [0, 0.05) is 18.0 Å². The third kappa shape index (κ3) is 5.26. The van der Waals surface area contributed by atoms with Crippen molar-refractivity contribution >= 4 is 11.8 Å². The van der Waals surface area contributed by atoms with Gasteiger partial charge in [-0.25, -0.2) is 4.39 Å². The lowest BCUT2D eigenvalue weighted by atomic mass is 9.96. The molecule has 2 amide bonds. The average molecular weight is 465 g/mol. The molecule has 9 heteroatoms. The van der Waals surface area contributed by atoms with Crippen molar-refractivity contribution in [3.8, 4) is 0 Å². The van der Waals surface area contributed by atoms with Crippen molar-refractivity contribution in [2.45, 2.75) is 44.1 Å². The molecule has 178 valence electrons. The predicted octanol–water partition coefficient (Wildman–Crippen LogP) is 2.00. The second-order valence-corrected chi connectivity index (χ2v) is 8.71. The van der Waals surface area contributed by atoms with Crippen molar-refractivity contribution in [1.82, 2.24) is 20.1 Å². The number of nitrogens with zero attached hydrogens (tertiary/aromatic N) is 3. The number of hydrogen-bond donors (Lipinski definition) is 3. The van der Waals surface area contributed by atoms with Crippen molar-refractivity contribution in [3.05, 3.63) is 89.2 Å². The number of amides is 2. The topological polar surface area (TPSA) is 119 Å². The molecule has 0 spiro atoms. The van der Waals surface area contributed by atoms with Crippen LogP contribution < -0.4 is 16.9 Å². The van der Waals surface area contributed by atoms with Gasteiger partial charge >= 0.3 is 0 Å². The Morgan fingerprint density at radius 1 is 1.12 bits per heavy atom. The first kappa shape index (κ1) is 23.4. The monoisotopic (exact) mass is 464 g/mol. The summed E-state index contributed by atoms with van der Waals surface area (Å²) in [6, 6.07) is 15.8. The first-order valence-electron chi connectivity index (χ1n) is 11.2. The van der Waals surface area contributed by atoms with Crippen LogP contribution in [0.3, 0.4) is 0 Å². The summed E-state index contributed by atoms with van der Waals surface area (Å²) in [6.07, 6.45) is 1.69. The third-order valence-electron chi connectivity index (χ3n) is 6.10. The summed E-state index contributed by atoms with van der Waals surface area (Å²) in [7, 11) is 0. The Morgan fingerprint density at radius 3 is 2.38 bits per heavy atom. The van der Waals surface area contributed by atoms with Crippen LogP contribution in [-0.2, 0) is 16.0 Å². The Bertz CT molecular complexity index is 1130. The maximum atomic E-state index is 14.4. The summed E-state index contributed by atoms with van der Waals surface area (Å²) in [6.45, 7) is 1.79. The number of nitrogen functional groups attached to an aromatic ring is 1. The number of carbonyl (C=O) groups is 2. The van der Waals surface area contributed by atoms with Gasteiger partial charge in [0.2, 0.25) is 11.8 Å². The molecule has 8 nitrogen and oxygen atoms in total. The van der Waals surface area contributed by atoms with Crippen LogP contribution in [0, 0.1) is 0 Å². The van der Waals surface area contributed by atoms with E-state index in [1.807, 2.05) is 61.5 Å². The van der Waals surface area contributed by atoms with Gasteiger partial charge in [-0.1, -0.05) is 54.6 Å². The molecule has 3 aromatic rings. The van der Waals surface area contributed by atoms with Crippen molar-refractivity contribution in [1.29, 1.82) is 0 Å². The largest absolute Gasteiger partial charge is 0.343 e. The van der Waals surface area contributed by atoms with Gasteiger partial charge < -0.3 is 21.8 Å². The molecule has 0 radical (unpaired) electrons. The Hall–Kier alpha value is -3.72. The molecule has 2 heterocycles. The van der Waals surface area contributed by atoms with Crippen LogP contribution >= 0.6 is 0 Å². The van der Waals surface area contributed by atoms with Gasteiger partial charge in [0.05, 0.1) is 31.4 Å². The molecule has 1 saturated heterocycles. The standard InChI is InChI=1S/C25H29FN6O2/c1-16(27)18-7-9-20(10-8-18)24(19-5-3-2-4-6-19)30-25(34)22-12-21(26)15-31(22)23(33)11-17-13-29-32(28)14-17/h2-10,13-14,16,21-22,24H,11-12,15,27-28H2,1H3,(H,30,34)/t16?,21-,22+,24+/m1/s1. The van der Waals surface area contributed by atoms with Gasteiger partial charge in [0.15, 0.2) is 0 Å². The zero-order chi connectivity index (χ0) is 24.2. The number of rotatable bonds is 7. The third-order valence-corrected chi connectivity index (χ3v) is 6.10. The van der Waals surface area contributed by atoms with Crippen LogP contribution in [0.15, 0.2) is 67.0 Å². The first-order valence-corrected chi connectivity index (χ1v) is 11.2. The lowest BCUT2D eigenvalue weighted by Crippen LogP contribution is -2.47. The number of alkyl halides is 1. The van der Waals surface area contributed by atoms with E-state index in [0.717, 1.165) is 21.5 Å². The summed E-state index contributed by atoms with van der Waals surface area (Å²) in [5.74, 6) is 4.81. The number of hydrogen-bond acceptors (Lipinski definition) is 5. The lowest BCUT2D eigenvalue weighted by molar-refractivity contribution is -0.138. The van der Waals surface area contributed by atoms with E-state index in [-0.39, 0.29) is 31.3 Å². The summed E-state index contributed by atoms with van der Waals surface area (Å²) >= 11 is 0. The van der Waals surface area contributed by atoms with Gasteiger partial charge in [-0.2, -0.15) is 9.89 Å². The molecule has 4 atom stereocenters. The maximum absolute atomic E-state index is 14.4. The van der Waals surface area contributed by atoms with Crippen LogP contribution in [-0.4, -0.2) is 45.4 Å². The fourth-order valence-electron chi connectivity index (χ4n) is 4.29. The first-order chi connectivity index (χ1) is 16.3.